The van der Waals surface area contributed by atoms with Crippen molar-refractivity contribution in [1.82, 2.24) is 0 Å². The number of benzene rings is 1. The molecule has 2 saturated heterocycles. The van der Waals surface area contributed by atoms with Gasteiger partial charge in [0.1, 0.15) is 5.57 Å². The maximum Gasteiger partial charge on any atom is 0.418 e. The van der Waals surface area contributed by atoms with Crippen LogP contribution in [0.15, 0.2) is 23.8 Å². The smallest absolute Gasteiger partial charge is 0.418 e. The number of halogens is 3. The van der Waals surface area contributed by atoms with E-state index in [1.807, 2.05) is 0 Å². The van der Waals surface area contributed by atoms with Crippen LogP contribution in [0.3, 0.4) is 0 Å². The molecular formula is C18H18F3NO4. The van der Waals surface area contributed by atoms with Gasteiger partial charge in [-0.2, -0.15) is 13.2 Å². The van der Waals surface area contributed by atoms with E-state index in [1.165, 1.54) is 26.0 Å². The average molecular weight is 369 g/mol. The highest BCUT2D eigenvalue weighted by Gasteiger charge is 2.39. The molecule has 2 aliphatic heterocycles. The Hall–Kier alpha value is -2.51. The van der Waals surface area contributed by atoms with Crippen LogP contribution in [0.1, 0.15) is 37.8 Å². The van der Waals surface area contributed by atoms with Gasteiger partial charge >= 0.3 is 18.1 Å². The van der Waals surface area contributed by atoms with E-state index in [0.29, 0.717) is 13.1 Å². The van der Waals surface area contributed by atoms with E-state index in [4.69, 9.17) is 9.47 Å². The lowest BCUT2D eigenvalue weighted by atomic mass is 10.0. The van der Waals surface area contributed by atoms with Crippen LogP contribution in [0.4, 0.5) is 18.9 Å². The minimum absolute atomic E-state index is 0.0730. The van der Waals surface area contributed by atoms with Crippen LogP contribution in [0.5, 0.6) is 0 Å². The second kappa shape index (κ2) is 6.34. The van der Waals surface area contributed by atoms with Crippen LogP contribution in [0.25, 0.3) is 6.08 Å². The minimum Gasteiger partial charge on any atom is -0.419 e. The third kappa shape index (κ3) is 3.68. The molecule has 0 bridgehead atoms. The van der Waals surface area contributed by atoms with E-state index in [2.05, 4.69) is 0 Å². The molecule has 1 aromatic carbocycles. The van der Waals surface area contributed by atoms with E-state index < -0.39 is 35.0 Å². The molecule has 8 heteroatoms. The Morgan fingerprint density at radius 2 is 1.65 bits per heavy atom. The molecule has 1 aromatic rings. The SMILES string of the molecule is CC1(C)OC(=O)C(=Cc2ccc(N3CCCC3)c(C(F)(F)F)c2)C(=O)O1. The van der Waals surface area contributed by atoms with Gasteiger partial charge < -0.3 is 14.4 Å². The molecular weight excluding hydrogens is 351 g/mol. The second-order valence-corrected chi connectivity index (χ2v) is 6.71. The maximum atomic E-state index is 13.5. The van der Waals surface area contributed by atoms with E-state index in [0.717, 1.165) is 25.0 Å². The fourth-order valence-electron chi connectivity index (χ4n) is 3.05. The summed E-state index contributed by atoms with van der Waals surface area (Å²) < 4.78 is 50.4. The summed E-state index contributed by atoms with van der Waals surface area (Å²) in [6, 6.07) is 3.74. The van der Waals surface area contributed by atoms with E-state index in [1.54, 1.807) is 4.90 Å². The van der Waals surface area contributed by atoms with Crippen molar-refractivity contribution in [3.63, 3.8) is 0 Å². The molecule has 2 aliphatic rings. The van der Waals surface area contributed by atoms with Gasteiger partial charge in [0.15, 0.2) is 0 Å². The van der Waals surface area contributed by atoms with Crippen molar-refractivity contribution < 1.29 is 32.2 Å². The number of alkyl halides is 3. The molecule has 26 heavy (non-hydrogen) atoms. The molecule has 0 atom stereocenters. The van der Waals surface area contributed by atoms with Crippen LogP contribution in [0.2, 0.25) is 0 Å². The van der Waals surface area contributed by atoms with Gasteiger partial charge in [0, 0.05) is 32.6 Å². The molecule has 5 nitrogen and oxygen atoms in total. The quantitative estimate of drug-likeness (QED) is 0.454. The first-order valence-corrected chi connectivity index (χ1v) is 8.21. The second-order valence-electron chi connectivity index (χ2n) is 6.71. The summed E-state index contributed by atoms with van der Waals surface area (Å²) in [5.41, 5.74) is -1.06. The molecule has 2 heterocycles. The summed E-state index contributed by atoms with van der Waals surface area (Å²) in [6.07, 6.45) is -1.81. The van der Waals surface area contributed by atoms with Crippen LogP contribution in [-0.2, 0) is 25.2 Å². The van der Waals surface area contributed by atoms with E-state index in [9.17, 15) is 22.8 Å². The predicted octanol–water partition coefficient (Wildman–Crippen LogP) is 3.53. The van der Waals surface area contributed by atoms with Crippen molar-refractivity contribution in [2.45, 2.75) is 38.7 Å². The number of carbonyl (C=O) groups excluding carboxylic acids is 2. The Morgan fingerprint density at radius 1 is 1.08 bits per heavy atom. The third-order valence-corrected chi connectivity index (χ3v) is 4.20. The maximum absolute atomic E-state index is 13.5. The van der Waals surface area contributed by atoms with Gasteiger partial charge in [-0.1, -0.05) is 6.07 Å². The molecule has 3 rings (SSSR count). The fraction of sp³-hybridized carbons (Fsp3) is 0.444. The first-order chi connectivity index (χ1) is 12.1. The van der Waals surface area contributed by atoms with Gasteiger partial charge in [-0.15, -0.1) is 0 Å². The van der Waals surface area contributed by atoms with Gasteiger partial charge in [0.05, 0.1) is 5.56 Å². The lowest BCUT2D eigenvalue weighted by molar-refractivity contribution is -0.222. The standard InChI is InChI=1S/C18H18F3NO4/c1-17(2)25-15(23)12(16(24)26-17)9-11-5-6-14(22-7-3-4-8-22)13(10-11)18(19,20)21/h5-6,9-10H,3-4,7-8H2,1-2H3. The lowest BCUT2D eigenvalue weighted by Crippen LogP contribution is -2.41. The summed E-state index contributed by atoms with van der Waals surface area (Å²) >= 11 is 0. The highest BCUT2D eigenvalue weighted by atomic mass is 19.4. The minimum atomic E-state index is -4.55. The summed E-state index contributed by atoms with van der Waals surface area (Å²) in [4.78, 5) is 25.6. The van der Waals surface area contributed by atoms with Crippen molar-refractivity contribution in [3.8, 4) is 0 Å². The molecule has 0 unspecified atom stereocenters. The lowest BCUT2D eigenvalue weighted by Gasteiger charge is -2.29. The summed E-state index contributed by atoms with van der Waals surface area (Å²) in [5, 5.41) is 0. The van der Waals surface area contributed by atoms with Gasteiger partial charge in [-0.3, -0.25) is 0 Å². The Balaban J connectivity index is 1.99. The normalized spacial score (nSPS) is 20.0. The number of carbonyl (C=O) groups is 2. The number of hydrogen-bond donors (Lipinski definition) is 0. The zero-order valence-corrected chi connectivity index (χ0v) is 14.4. The molecule has 0 aromatic heterocycles. The fourth-order valence-corrected chi connectivity index (χ4v) is 3.05. The molecule has 0 amide bonds. The zero-order chi connectivity index (χ0) is 19.1. The van der Waals surface area contributed by atoms with Crippen molar-refractivity contribution in [2.24, 2.45) is 0 Å². The Bertz CT molecular complexity index is 755. The number of esters is 2. The molecule has 0 aliphatic carbocycles. The Morgan fingerprint density at radius 3 is 2.19 bits per heavy atom. The van der Waals surface area contributed by atoms with Crippen molar-refractivity contribution >= 4 is 23.7 Å². The molecule has 2 fully saturated rings. The zero-order valence-electron chi connectivity index (χ0n) is 14.4. The molecule has 0 spiro atoms. The van der Waals surface area contributed by atoms with Crippen LogP contribution in [-0.4, -0.2) is 30.8 Å². The largest absolute Gasteiger partial charge is 0.419 e. The number of anilines is 1. The van der Waals surface area contributed by atoms with Crippen LogP contribution >= 0.6 is 0 Å². The number of cyclic esters (lactones) is 2. The summed E-state index contributed by atoms with van der Waals surface area (Å²) in [5.74, 6) is -3.26. The molecule has 0 N–H and O–H groups in total. The monoisotopic (exact) mass is 369 g/mol. The number of hydrogen-bond acceptors (Lipinski definition) is 5. The Kier molecular flexibility index (Phi) is 4.46. The number of ether oxygens (including phenoxy) is 2. The summed E-state index contributed by atoms with van der Waals surface area (Å²) in [6.45, 7) is 3.92. The van der Waals surface area contributed by atoms with E-state index >= 15 is 0 Å². The third-order valence-electron chi connectivity index (χ3n) is 4.20. The highest BCUT2D eigenvalue weighted by molar-refractivity contribution is 6.18. The predicted molar refractivity (Wildman–Crippen MR) is 87.1 cm³/mol. The first-order valence-electron chi connectivity index (χ1n) is 8.21. The van der Waals surface area contributed by atoms with Crippen LogP contribution in [0, 0.1) is 0 Å². The van der Waals surface area contributed by atoms with Crippen molar-refractivity contribution in [1.29, 1.82) is 0 Å². The van der Waals surface area contributed by atoms with Gasteiger partial charge in [-0.05, 0) is 36.6 Å². The van der Waals surface area contributed by atoms with Crippen molar-refractivity contribution in [2.75, 3.05) is 18.0 Å². The van der Waals surface area contributed by atoms with Crippen LogP contribution < -0.4 is 4.90 Å². The van der Waals surface area contributed by atoms with Gasteiger partial charge in [-0.25, -0.2) is 9.59 Å². The molecule has 0 saturated carbocycles. The highest BCUT2D eigenvalue weighted by Crippen LogP contribution is 2.39. The summed E-state index contributed by atoms with van der Waals surface area (Å²) in [7, 11) is 0. The van der Waals surface area contributed by atoms with Gasteiger partial charge in [0.25, 0.3) is 5.79 Å². The number of rotatable bonds is 2. The molecule has 140 valence electrons. The topological polar surface area (TPSA) is 55.8 Å². The molecule has 0 radical (unpaired) electrons. The first kappa shape index (κ1) is 18.3. The average Bonchev–Trinajstić information content (AvgIpc) is 3.03. The van der Waals surface area contributed by atoms with E-state index in [-0.39, 0.29) is 11.3 Å². The number of nitrogens with zero attached hydrogens (tertiary/aromatic N) is 1. The van der Waals surface area contributed by atoms with Crippen molar-refractivity contribution in [3.05, 3.63) is 34.9 Å². The van der Waals surface area contributed by atoms with Gasteiger partial charge in [0.2, 0.25) is 0 Å². The Labute approximate surface area is 148 Å².